The van der Waals surface area contributed by atoms with E-state index < -0.39 is 0 Å². The van der Waals surface area contributed by atoms with Crippen molar-refractivity contribution < 1.29 is 4.42 Å². The van der Waals surface area contributed by atoms with Crippen molar-refractivity contribution >= 4 is 6.01 Å². The predicted molar refractivity (Wildman–Crippen MR) is 57.6 cm³/mol. The van der Waals surface area contributed by atoms with Crippen LogP contribution in [0.25, 0.3) is 0 Å². The highest BCUT2D eigenvalue weighted by Gasteiger charge is 2.31. The SMILES string of the molecule is CCCN(c1nnc(C(C)N)o1)C1CC1. The summed E-state index contributed by atoms with van der Waals surface area (Å²) in [6.45, 7) is 4.97. The number of aromatic nitrogens is 2. The molecule has 1 aromatic rings. The molecule has 1 saturated carbocycles. The maximum Gasteiger partial charge on any atom is 0.318 e. The minimum Gasteiger partial charge on any atom is -0.406 e. The van der Waals surface area contributed by atoms with Crippen molar-refractivity contribution in [1.29, 1.82) is 0 Å². The van der Waals surface area contributed by atoms with Gasteiger partial charge in [-0.25, -0.2) is 0 Å². The molecule has 2 N–H and O–H groups in total. The Balaban J connectivity index is 2.10. The van der Waals surface area contributed by atoms with Crippen LogP contribution in [0.2, 0.25) is 0 Å². The summed E-state index contributed by atoms with van der Waals surface area (Å²) in [6.07, 6.45) is 3.55. The standard InChI is InChI=1S/C10H18N4O/c1-3-6-14(8-4-5-8)10-13-12-9(15-10)7(2)11/h7-8H,3-6,11H2,1-2H3. The van der Waals surface area contributed by atoms with Gasteiger partial charge in [-0.1, -0.05) is 12.0 Å². The molecule has 0 bridgehead atoms. The molecule has 1 heterocycles. The highest BCUT2D eigenvalue weighted by atomic mass is 16.4. The topological polar surface area (TPSA) is 68.2 Å². The molecule has 1 unspecified atom stereocenters. The summed E-state index contributed by atoms with van der Waals surface area (Å²) in [7, 11) is 0. The van der Waals surface area contributed by atoms with Crippen LogP contribution in [0.1, 0.15) is 45.0 Å². The van der Waals surface area contributed by atoms with Gasteiger partial charge in [0.05, 0.1) is 6.04 Å². The van der Waals surface area contributed by atoms with E-state index in [1.54, 1.807) is 0 Å². The molecular formula is C10H18N4O. The van der Waals surface area contributed by atoms with E-state index in [-0.39, 0.29) is 6.04 Å². The van der Waals surface area contributed by atoms with Gasteiger partial charge in [-0.15, -0.1) is 5.10 Å². The van der Waals surface area contributed by atoms with Gasteiger partial charge in [-0.2, -0.15) is 0 Å². The van der Waals surface area contributed by atoms with Crippen molar-refractivity contribution in [1.82, 2.24) is 10.2 Å². The zero-order valence-corrected chi connectivity index (χ0v) is 9.31. The van der Waals surface area contributed by atoms with Crippen molar-refractivity contribution in [2.45, 2.75) is 45.2 Å². The van der Waals surface area contributed by atoms with Crippen molar-refractivity contribution in [3.8, 4) is 0 Å². The van der Waals surface area contributed by atoms with Crippen LogP contribution in [0.15, 0.2) is 4.42 Å². The maximum atomic E-state index is 5.68. The first-order valence-corrected chi connectivity index (χ1v) is 5.58. The minimum atomic E-state index is -0.186. The van der Waals surface area contributed by atoms with E-state index in [2.05, 4.69) is 22.0 Å². The molecule has 0 aromatic carbocycles. The summed E-state index contributed by atoms with van der Waals surface area (Å²) < 4.78 is 5.54. The molecule has 0 saturated heterocycles. The lowest BCUT2D eigenvalue weighted by molar-refractivity contribution is 0.454. The van der Waals surface area contributed by atoms with Crippen molar-refractivity contribution in [3.05, 3.63) is 5.89 Å². The zero-order chi connectivity index (χ0) is 10.8. The third kappa shape index (κ3) is 2.28. The summed E-state index contributed by atoms with van der Waals surface area (Å²) in [5.41, 5.74) is 5.68. The Hall–Kier alpha value is -1.10. The first-order valence-electron chi connectivity index (χ1n) is 5.58. The van der Waals surface area contributed by atoms with Crippen LogP contribution >= 0.6 is 0 Å². The van der Waals surface area contributed by atoms with Crippen LogP contribution in [0, 0.1) is 0 Å². The fourth-order valence-corrected chi connectivity index (χ4v) is 1.59. The van der Waals surface area contributed by atoms with Crippen molar-refractivity contribution in [2.24, 2.45) is 5.73 Å². The van der Waals surface area contributed by atoms with Gasteiger partial charge in [0.15, 0.2) is 0 Å². The lowest BCUT2D eigenvalue weighted by atomic mass is 10.4. The maximum absolute atomic E-state index is 5.68. The molecule has 0 aliphatic heterocycles. The molecule has 1 aliphatic rings. The quantitative estimate of drug-likeness (QED) is 0.797. The molecule has 5 heteroatoms. The second kappa shape index (κ2) is 4.18. The van der Waals surface area contributed by atoms with E-state index in [9.17, 15) is 0 Å². The number of nitrogens with zero attached hydrogens (tertiary/aromatic N) is 3. The van der Waals surface area contributed by atoms with Gasteiger partial charge in [-0.05, 0) is 26.2 Å². The third-order valence-electron chi connectivity index (χ3n) is 2.52. The smallest absolute Gasteiger partial charge is 0.318 e. The number of rotatable bonds is 5. The average Bonchev–Trinajstić information content (AvgIpc) is 2.91. The Kier molecular flexibility index (Phi) is 2.90. The highest BCUT2D eigenvalue weighted by molar-refractivity contribution is 5.29. The molecule has 15 heavy (non-hydrogen) atoms. The molecule has 1 aliphatic carbocycles. The Morgan fingerprint density at radius 3 is 2.73 bits per heavy atom. The Morgan fingerprint density at radius 2 is 2.27 bits per heavy atom. The molecule has 1 aromatic heterocycles. The summed E-state index contributed by atoms with van der Waals surface area (Å²) in [5.74, 6) is 0.520. The molecule has 0 spiro atoms. The largest absolute Gasteiger partial charge is 0.406 e. The highest BCUT2D eigenvalue weighted by Crippen LogP contribution is 2.31. The lowest BCUT2D eigenvalue weighted by Gasteiger charge is -2.18. The number of nitrogens with two attached hydrogens (primary N) is 1. The Labute approximate surface area is 89.6 Å². The van der Waals surface area contributed by atoms with Crippen LogP contribution in [-0.2, 0) is 0 Å². The normalized spacial score (nSPS) is 17.8. The molecule has 84 valence electrons. The van der Waals surface area contributed by atoms with E-state index in [0.29, 0.717) is 17.9 Å². The second-order valence-electron chi connectivity index (χ2n) is 4.14. The van der Waals surface area contributed by atoms with Gasteiger partial charge in [-0.3, -0.25) is 0 Å². The second-order valence-corrected chi connectivity index (χ2v) is 4.14. The summed E-state index contributed by atoms with van der Waals surface area (Å²) in [4.78, 5) is 2.19. The van der Waals surface area contributed by atoms with Gasteiger partial charge >= 0.3 is 6.01 Å². The summed E-state index contributed by atoms with van der Waals surface area (Å²) >= 11 is 0. The van der Waals surface area contributed by atoms with Gasteiger partial charge in [0, 0.05) is 12.6 Å². The molecule has 0 radical (unpaired) electrons. The molecule has 1 atom stereocenters. The van der Waals surface area contributed by atoms with E-state index in [4.69, 9.17) is 10.2 Å². The summed E-state index contributed by atoms with van der Waals surface area (Å²) in [5, 5.41) is 7.99. The van der Waals surface area contributed by atoms with E-state index in [0.717, 1.165) is 13.0 Å². The molecular weight excluding hydrogens is 192 g/mol. The molecule has 0 amide bonds. The molecule has 5 nitrogen and oxygen atoms in total. The molecule has 1 fully saturated rings. The van der Waals surface area contributed by atoms with E-state index in [1.165, 1.54) is 12.8 Å². The minimum absolute atomic E-state index is 0.186. The summed E-state index contributed by atoms with van der Waals surface area (Å²) in [6, 6.07) is 1.05. The molecule has 2 rings (SSSR count). The average molecular weight is 210 g/mol. The van der Waals surface area contributed by atoms with Crippen molar-refractivity contribution in [2.75, 3.05) is 11.4 Å². The van der Waals surface area contributed by atoms with Crippen LogP contribution in [-0.4, -0.2) is 22.8 Å². The zero-order valence-electron chi connectivity index (χ0n) is 9.31. The Morgan fingerprint density at radius 1 is 1.53 bits per heavy atom. The fraction of sp³-hybridized carbons (Fsp3) is 0.800. The van der Waals surface area contributed by atoms with E-state index >= 15 is 0 Å². The van der Waals surface area contributed by atoms with Gasteiger partial charge < -0.3 is 15.1 Å². The van der Waals surface area contributed by atoms with Crippen LogP contribution in [0.4, 0.5) is 6.01 Å². The van der Waals surface area contributed by atoms with Crippen LogP contribution < -0.4 is 10.6 Å². The van der Waals surface area contributed by atoms with Crippen LogP contribution in [0.3, 0.4) is 0 Å². The van der Waals surface area contributed by atoms with E-state index in [1.807, 2.05) is 6.92 Å². The van der Waals surface area contributed by atoms with Crippen LogP contribution in [0.5, 0.6) is 0 Å². The number of anilines is 1. The van der Waals surface area contributed by atoms with Gasteiger partial charge in [0.2, 0.25) is 5.89 Å². The Bertz CT molecular complexity index is 319. The fourth-order valence-electron chi connectivity index (χ4n) is 1.59. The first-order chi connectivity index (χ1) is 7.22. The predicted octanol–water partition coefficient (Wildman–Crippen LogP) is 1.47. The van der Waals surface area contributed by atoms with Gasteiger partial charge in [0.1, 0.15) is 0 Å². The van der Waals surface area contributed by atoms with Crippen molar-refractivity contribution in [3.63, 3.8) is 0 Å². The van der Waals surface area contributed by atoms with Gasteiger partial charge in [0.25, 0.3) is 0 Å². The lowest BCUT2D eigenvalue weighted by Crippen LogP contribution is -2.26. The monoisotopic (exact) mass is 210 g/mol. The number of hydrogen-bond donors (Lipinski definition) is 1. The third-order valence-corrected chi connectivity index (χ3v) is 2.52. The first kappa shape index (κ1) is 10.4. The number of hydrogen-bond acceptors (Lipinski definition) is 5.